The summed E-state index contributed by atoms with van der Waals surface area (Å²) in [5.41, 5.74) is 2.65. The van der Waals surface area contributed by atoms with Crippen molar-refractivity contribution < 1.29 is 19.0 Å². The smallest absolute Gasteiger partial charge is 0.303 e. The summed E-state index contributed by atoms with van der Waals surface area (Å²) in [5, 5.41) is 10.1. The number of carboxylic acids is 1. The van der Waals surface area contributed by atoms with Crippen LogP contribution in [0.2, 0.25) is 0 Å². The lowest BCUT2D eigenvalue weighted by molar-refractivity contribution is -0.137. The Bertz CT molecular complexity index is 1190. The monoisotopic (exact) mass is 504 g/mol. The van der Waals surface area contributed by atoms with E-state index in [1.54, 1.807) is 19.4 Å². The average Bonchev–Trinajstić information content (AvgIpc) is 2.93. The number of nitrogens with zero attached hydrogens (tertiary/aromatic N) is 2. The highest BCUT2D eigenvalue weighted by molar-refractivity contribution is 5.83. The number of methoxy groups -OCH3 is 1. The van der Waals surface area contributed by atoms with Crippen LogP contribution < -0.4 is 4.74 Å². The number of ether oxygens (including phenoxy) is 1. The number of piperidine rings is 1. The fraction of sp³-hybridized carbons (Fsp3) is 0.419. The van der Waals surface area contributed by atoms with Gasteiger partial charge in [-0.15, -0.1) is 6.58 Å². The minimum absolute atomic E-state index is 0.139. The van der Waals surface area contributed by atoms with Crippen LogP contribution in [0.3, 0.4) is 0 Å². The Kier molecular flexibility index (Phi) is 9.29. The van der Waals surface area contributed by atoms with E-state index in [0.29, 0.717) is 30.1 Å². The van der Waals surface area contributed by atoms with Crippen molar-refractivity contribution in [1.29, 1.82) is 0 Å². The first kappa shape index (κ1) is 26.8. The minimum atomic E-state index is -1.12. The summed E-state index contributed by atoms with van der Waals surface area (Å²) in [5.74, 6) is 0.409. The van der Waals surface area contributed by atoms with E-state index in [4.69, 9.17) is 4.74 Å². The molecule has 4 rings (SSSR count). The summed E-state index contributed by atoms with van der Waals surface area (Å²) >= 11 is 0. The van der Waals surface area contributed by atoms with Crippen molar-refractivity contribution in [2.75, 3.05) is 20.2 Å². The number of benzene rings is 2. The third-order valence-corrected chi connectivity index (χ3v) is 7.79. The van der Waals surface area contributed by atoms with Crippen molar-refractivity contribution in [3.63, 3.8) is 0 Å². The van der Waals surface area contributed by atoms with E-state index in [0.717, 1.165) is 43.3 Å². The lowest BCUT2D eigenvalue weighted by Crippen LogP contribution is -2.46. The first-order chi connectivity index (χ1) is 18.0. The maximum atomic E-state index is 15.6. The summed E-state index contributed by atoms with van der Waals surface area (Å²) < 4.78 is 21.0. The molecule has 0 spiro atoms. The zero-order valence-electron chi connectivity index (χ0n) is 21.6. The van der Waals surface area contributed by atoms with Crippen LogP contribution in [0, 0.1) is 11.8 Å². The third-order valence-electron chi connectivity index (χ3n) is 7.79. The summed E-state index contributed by atoms with van der Waals surface area (Å²) in [6, 6.07) is 17.9. The number of carbonyl (C=O) groups is 1. The van der Waals surface area contributed by atoms with Crippen molar-refractivity contribution in [2.45, 2.75) is 50.7 Å². The zero-order valence-corrected chi connectivity index (χ0v) is 21.6. The number of aromatic nitrogens is 1. The first-order valence-corrected chi connectivity index (χ1v) is 13.2. The number of rotatable bonds is 12. The molecule has 1 aliphatic heterocycles. The number of fused-ring (bicyclic) bond motifs is 1. The van der Waals surface area contributed by atoms with Crippen LogP contribution in [0.4, 0.5) is 4.39 Å². The Morgan fingerprint density at radius 2 is 2.03 bits per heavy atom. The molecule has 0 saturated carbocycles. The van der Waals surface area contributed by atoms with Gasteiger partial charge in [0, 0.05) is 30.6 Å². The molecule has 2 aromatic carbocycles. The SMILES string of the molecule is C=C[C@H](Cc1ccccc1)N1CC[C@@H](CC[C@@H](F)c2ccnc3ccc(OC)cc23)[C@@H](CCC(=O)O)C1. The first-order valence-electron chi connectivity index (χ1n) is 13.2. The standard InChI is InChI=1S/C31H37FN2O3/c1-3-25(19-22-7-5-4-6-8-22)34-18-16-23(24(21-34)10-14-31(35)36)9-12-29(32)27-15-17-33-30-13-11-26(37-2)20-28(27)30/h3-8,11,13,15,17,20,23-25,29H,1,9-10,12,14,16,18-19,21H2,2H3,(H,35,36)/t23-,24+,25-,29-/m1/s1. The van der Waals surface area contributed by atoms with Gasteiger partial charge >= 0.3 is 5.97 Å². The number of pyridine rings is 1. The molecule has 0 aliphatic carbocycles. The summed E-state index contributed by atoms with van der Waals surface area (Å²) in [4.78, 5) is 18.2. The molecule has 37 heavy (non-hydrogen) atoms. The molecule has 1 saturated heterocycles. The number of carboxylic acid groups (broad SMARTS) is 1. The van der Waals surface area contributed by atoms with Crippen molar-refractivity contribution in [2.24, 2.45) is 11.8 Å². The number of hydrogen-bond acceptors (Lipinski definition) is 4. The molecule has 1 aliphatic rings. The highest BCUT2D eigenvalue weighted by Gasteiger charge is 2.32. The van der Waals surface area contributed by atoms with Crippen LogP contribution in [-0.2, 0) is 11.2 Å². The van der Waals surface area contributed by atoms with Crippen molar-refractivity contribution in [1.82, 2.24) is 9.88 Å². The molecular weight excluding hydrogens is 467 g/mol. The second-order valence-corrected chi connectivity index (χ2v) is 10.1. The van der Waals surface area contributed by atoms with Crippen LogP contribution in [0.15, 0.2) is 73.4 Å². The van der Waals surface area contributed by atoms with Gasteiger partial charge in [-0.05, 0) is 85.9 Å². The molecule has 0 amide bonds. The van der Waals surface area contributed by atoms with Gasteiger partial charge in [-0.1, -0.05) is 36.4 Å². The summed E-state index contributed by atoms with van der Waals surface area (Å²) in [7, 11) is 1.60. The highest BCUT2D eigenvalue weighted by Crippen LogP contribution is 2.37. The van der Waals surface area contributed by atoms with E-state index in [1.807, 2.05) is 42.5 Å². The van der Waals surface area contributed by atoms with Crippen LogP contribution >= 0.6 is 0 Å². The highest BCUT2D eigenvalue weighted by atomic mass is 19.1. The molecule has 6 heteroatoms. The van der Waals surface area contributed by atoms with Crippen molar-refractivity contribution in [3.05, 3.63) is 84.6 Å². The van der Waals surface area contributed by atoms with Crippen LogP contribution in [0.1, 0.15) is 49.4 Å². The van der Waals surface area contributed by atoms with Crippen LogP contribution in [-0.4, -0.2) is 47.2 Å². The average molecular weight is 505 g/mol. The largest absolute Gasteiger partial charge is 0.497 e. The molecule has 2 heterocycles. The van der Waals surface area contributed by atoms with Crippen LogP contribution in [0.25, 0.3) is 10.9 Å². The van der Waals surface area contributed by atoms with Gasteiger partial charge in [0.2, 0.25) is 0 Å². The van der Waals surface area contributed by atoms with E-state index in [2.05, 4.69) is 28.6 Å². The van der Waals surface area contributed by atoms with Gasteiger partial charge < -0.3 is 9.84 Å². The number of likely N-dealkylation sites (tertiary alicyclic amines) is 1. The lowest BCUT2D eigenvalue weighted by Gasteiger charge is -2.42. The maximum absolute atomic E-state index is 15.6. The molecule has 1 N–H and O–H groups in total. The minimum Gasteiger partial charge on any atom is -0.497 e. The summed E-state index contributed by atoms with van der Waals surface area (Å²) in [6.45, 7) is 5.80. The van der Waals surface area contributed by atoms with Gasteiger partial charge in [0.15, 0.2) is 0 Å². The van der Waals surface area contributed by atoms with Gasteiger partial charge in [0.05, 0.1) is 12.6 Å². The fourth-order valence-corrected chi connectivity index (χ4v) is 5.71. The second-order valence-electron chi connectivity index (χ2n) is 10.1. The molecule has 1 aromatic heterocycles. The predicted octanol–water partition coefficient (Wildman–Crippen LogP) is 6.63. The molecule has 0 radical (unpaired) electrons. The quantitative estimate of drug-likeness (QED) is 0.280. The van der Waals surface area contributed by atoms with E-state index in [-0.39, 0.29) is 18.4 Å². The number of alkyl halides is 1. The molecular formula is C31H37FN2O3. The molecule has 3 aromatic rings. The Morgan fingerprint density at radius 3 is 2.76 bits per heavy atom. The van der Waals surface area contributed by atoms with E-state index in [9.17, 15) is 9.90 Å². The van der Waals surface area contributed by atoms with Gasteiger partial charge in [-0.2, -0.15) is 0 Å². The zero-order chi connectivity index (χ0) is 26.2. The van der Waals surface area contributed by atoms with E-state index >= 15 is 4.39 Å². The van der Waals surface area contributed by atoms with E-state index < -0.39 is 12.1 Å². The van der Waals surface area contributed by atoms with Crippen molar-refractivity contribution in [3.8, 4) is 5.75 Å². The van der Waals surface area contributed by atoms with Gasteiger partial charge in [-0.25, -0.2) is 4.39 Å². The van der Waals surface area contributed by atoms with Crippen molar-refractivity contribution >= 4 is 16.9 Å². The van der Waals surface area contributed by atoms with Gasteiger partial charge in [0.1, 0.15) is 11.9 Å². The van der Waals surface area contributed by atoms with Gasteiger partial charge in [-0.3, -0.25) is 14.7 Å². The normalized spacial score (nSPS) is 19.8. The topological polar surface area (TPSA) is 62.7 Å². The molecule has 196 valence electrons. The number of halogens is 1. The van der Waals surface area contributed by atoms with Crippen LogP contribution in [0.5, 0.6) is 5.75 Å². The molecule has 1 fully saturated rings. The third kappa shape index (κ3) is 6.95. The Labute approximate surface area is 219 Å². The van der Waals surface area contributed by atoms with Gasteiger partial charge in [0.25, 0.3) is 0 Å². The molecule has 0 unspecified atom stereocenters. The molecule has 0 bridgehead atoms. The van der Waals surface area contributed by atoms with E-state index in [1.165, 1.54) is 5.56 Å². The number of hydrogen-bond donors (Lipinski definition) is 1. The lowest BCUT2D eigenvalue weighted by atomic mass is 9.78. The number of aliphatic carboxylic acids is 1. The Hall–Kier alpha value is -3.25. The Balaban J connectivity index is 1.44. The summed E-state index contributed by atoms with van der Waals surface area (Å²) in [6.07, 6.45) is 6.24. The maximum Gasteiger partial charge on any atom is 0.303 e. The fourth-order valence-electron chi connectivity index (χ4n) is 5.71. The molecule has 4 atom stereocenters. The second kappa shape index (κ2) is 12.8. The Morgan fingerprint density at radius 1 is 1.22 bits per heavy atom. The molecule has 5 nitrogen and oxygen atoms in total. The predicted molar refractivity (Wildman–Crippen MR) is 146 cm³/mol.